The van der Waals surface area contributed by atoms with Crippen LogP contribution in [-0.2, 0) is 11.2 Å². The lowest BCUT2D eigenvalue weighted by Crippen LogP contribution is -1.96. The number of H-pyrrole nitrogens is 1. The van der Waals surface area contributed by atoms with E-state index in [1.165, 1.54) is 0 Å². The van der Waals surface area contributed by atoms with Gasteiger partial charge in [0, 0.05) is 18.0 Å². The molecular formula is C13H13NO2. The second-order valence-corrected chi connectivity index (χ2v) is 3.68. The number of hydrogen-bond acceptors (Lipinski definition) is 1. The van der Waals surface area contributed by atoms with Gasteiger partial charge in [-0.1, -0.05) is 30.9 Å². The number of aryl methyl sites for hydroxylation is 1. The Hall–Kier alpha value is -2.03. The molecule has 1 heterocycles. The molecule has 0 saturated heterocycles. The molecule has 0 atom stereocenters. The molecule has 0 fully saturated rings. The van der Waals surface area contributed by atoms with E-state index >= 15 is 0 Å². The Labute approximate surface area is 93.4 Å². The van der Waals surface area contributed by atoms with Crippen molar-refractivity contribution in [2.45, 2.75) is 12.8 Å². The van der Waals surface area contributed by atoms with E-state index in [4.69, 9.17) is 5.11 Å². The lowest BCUT2D eigenvalue weighted by Gasteiger charge is -1.98. The molecule has 0 aliphatic heterocycles. The quantitative estimate of drug-likeness (QED) is 0.823. The molecule has 0 spiro atoms. The van der Waals surface area contributed by atoms with E-state index in [0.29, 0.717) is 6.42 Å². The van der Waals surface area contributed by atoms with Gasteiger partial charge >= 0.3 is 5.97 Å². The van der Waals surface area contributed by atoms with Gasteiger partial charge in [-0.05, 0) is 17.5 Å². The first kappa shape index (κ1) is 10.5. The van der Waals surface area contributed by atoms with Crippen molar-refractivity contribution in [3.63, 3.8) is 0 Å². The van der Waals surface area contributed by atoms with Crippen LogP contribution in [0.25, 0.3) is 17.0 Å². The largest absolute Gasteiger partial charge is 0.481 e. The number of benzene rings is 1. The number of para-hydroxylation sites is 1. The predicted molar refractivity (Wildman–Crippen MR) is 64.3 cm³/mol. The molecule has 16 heavy (non-hydrogen) atoms. The standard InChI is InChI=1S/C13H13NO2/c1-2-9-4-3-5-11-10(6-7-12(15)16)8-14-13(9)11/h2-5,8,14H,1,6-7H2,(H,15,16). The van der Waals surface area contributed by atoms with Crippen molar-refractivity contribution in [1.29, 1.82) is 0 Å². The van der Waals surface area contributed by atoms with Gasteiger partial charge in [0.25, 0.3) is 0 Å². The minimum Gasteiger partial charge on any atom is -0.481 e. The molecule has 82 valence electrons. The first-order valence-corrected chi connectivity index (χ1v) is 5.15. The summed E-state index contributed by atoms with van der Waals surface area (Å²) in [6, 6.07) is 5.93. The number of aromatic nitrogens is 1. The van der Waals surface area contributed by atoms with E-state index in [-0.39, 0.29) is 6.42 Å². The number of carbonyl (C=O) groups is 1. The number of rotatable bonds is 4. The molecule has 0 unspecified atom stereocenters. The number of carboxylic acids is 1. The highest BCUT2D eigenvalue weighted by Gasteiger charge is 2.07. The molecule has 0 aliphatic rings. The zero-order chi connectivity index (χ0) is 11.5. The van der Waals surface area contributed by atoms with E-state index in [1.54, 1.807) is 6.08 Å². The number of carboxylic acid groups (broad SMARTS) is 1. The van der Waals surface area contributed by atoms with Crippen molar-refractivity contribution in [1.82, 2.24) is 4.98 Å². The Morgan fingerprint density at radius 2 is 2.31 bits per heavy atom. The normalized spacial score (nSPS) is 10.5. The third kappa shape index (κ3) is 1.84. The first-order chi connectivity index (χ1) is 7.72. The lowest BCUT2D eigenvalue weighted by atomic mass is 10.1. The Morgan fingerprint density at radius 3 is 3.00 bits per heavy atom. The van der Waals surface area contributed by atoms with Gasteiger partial charge in [-0.25, -0.2) is 0 Å². The Morgan fingerprint density at radius 1 is 1.50 bits per heavy atom. The molecule has 3 nitrogen and oxygen atoms in total. The second kappa shape index (κ2) is 4.23. The highest BCUT2D eigenvalue weighted by Crippen LogP contribution is 2.23. The van der Waals surface area contributed by atoms with Gasteiger partial charge in [0.2, 0.25) is 0 Å². The number of fused-ring (bicyclic) bond motifs is 1. The fourth-order valence-electron chi connectivity index (χ4n) is 1.85. The van der Waals surface area contributed by atoms with Crippen molar-refractivity contribution in [2.75, 3.05) is 0 Å². The van der Waals surface area contributed by atoms with Crippen LogP contribution in [0.1, 0.15) is 17.5 Å². The maximum absolute atomic E-state index is 10.5. The molecule has 0 aliphatic carbocycles. The van der Waals surface area contributed by atoms with Crippen LogP contribution in [0.4, 0.5) is 0 Å². The topological polar surface area (TPSA) is 53.1 Å². The smallest absolute Gasteiger partial charge is 0.303 e. The van der Waals surface area contributed by atoms with E-state index in [1.807, 2.05) is 24.4 Å². The summed E-state index contributed by atoms with van der Waals surface area (Å²) in [6.45, 7) is 3.75. The summed E-state index contributed by atoms with van der Waals surface area (Å²) in [6.07, 6.45) is 4.38. The Kier molecular flexibility index (Phi) is 2.77. The molecule has 0 radical (unpaired) electrons. The van der Waals surface area contributed by atoms with E-state index in [0.717, 1.165) is 22.0 Å². The van der Waals surface area contributed by atoms with Crippen LogP contribution >= 0.6 is 0 Å². The third-order valence-corrected chi connectivity index (χ3v) is 2.66. The second-order valence-electron chi connectivity index (χ2n) is 3.68. The summed E-state index contributed by atoms with van der Waals surface area (Å²) in [4.78, 5) is 13.7. The van der Waals surface area contributed by atoms with Gasteiger partial charge in [0.15, 0.2) is 0 Å². The maximum atomic E-state index is 10.5. The van der Waals surface area contributed by atoms with Crippen molar-refractivity contribution >= 4 is 22.9 Å². The summed E-state index contributed by atoms with van der Waals surface area (Å²) in [5.41, 5.74) is 3.11. The third-order valence-electron chi connectivity index (χ3n) is 2.66. The average Bonchev–Trinajstić information content (AvgIpc) is 2.69. The van der Waals surface area contributed by atoms with E-state index in [2.05, 4.69) is 11.6 Å². The molecule has 0 amide bonds. The van der Waals surface area contributed by atoms with Gasteiger partial charge in [0.1, 0.15) is 0 Å². The van der Waals surface area contributed by atoms with Gasteiger partial charge in [-0.15, -0.1) is 0 Å². The van der Waals surface area contributed by atoms with Crippen LogP contribution in [0.5, 0.6) is 0 Å². The summed E-state index contributed by atoms with van der Waals surface area (Å²) in [5.74, 6) is -0.769. The van der Waals surface area contributed by atoms with Crippen LogP contribution in [0.3, 0.4) is 0 Å². The maximum Gasteiger partial charge on any atom is 0.303 e. The zero-order valence-electron chi connectivity index (χ0n) is 8.86. The first-order valence-electron chi connectivity index (χ1n) is 5.15. The molecule has 2 rings (SSSR count). The highest BCUT2D eigenvalue weighted by atomic mass is 16.4. The fourth-order valence-corrected chi connectivity index (χ4v) is 1.85. The fraction of sp³-hybridized carbons (Fsp3) is 0.154. The molecule has 3 heteroatoms. The van der Waals surface area contributed by atoms with E-state index < -0.39 is 5.97 Å². The molecule has 2 N–H and O–H groups in total. The van der Waals surface area contributed by atoms with Crippen molar-refractivity contribution in [3.05, 3.63) is 42.1 Å². The van der Waals surface area contributed by atoms with Gasteiger partial charge < -0.3 is 10.1 Å². The van der Waals surface area contributed by atoms with Crippen LogP contribution in [0.15, 0.2) is 31.0 Å². The monoisotopic (exact) mass is 215 g/mol. The van der Waals surface area contributed by atoms with Gasteiger partial charge in [0.05, 0.1) is 5.52 Å². The van der Waals surface area contributed by atoms with Crippen LogP contribution in [-0.4, -0.2) is 16.1 Å². The molecule has 1 aromatic heterocycles. The van der Waals surface area contributed by atoms with E-state index in [9.17, 15) is 4.79 Å². The van der Waals surface area contributed by atoms with Crippen LogP contribution in [0.2, 0.25) is 0 Å². The predicted octanol–water partition coefficient (Wildman–Crippen LogP) is 2.83. The molecule has 1 aromatic carbocycles. The number of hydrogen-bond donors (Lipinski definition) is 2. The summed E-state index contributed by atoms with van der Waals surface area (Å²) in [5, 5.41) is 9.74. The number of aliphatic carboxylic acids is 1. The molecule has 0 saturated carbocycles. The zero-order valence-corrected chi connectivity index (χ0v) is 8.86. The Bertz CT molecular complexity index is 540. The van der Waals surface area contributed by atoms with Crippen molar-refractivity contribution in [2.24, 2.45) is 0 Å². The van der Waals surface area contributed by atoms with Gasteiger partial charge in [-0.2, -0.15) is 0 Å². The van der Waals surface area contributed by atoms with Crippen molar-refractivity contribution in [3.8, 4) is 0 Å². The van der Waals surface area contributed by atoms with Crippen LogP contribution in [0, 0.1) is 0 Å². The number of nitrogens with one attached hydrogen (secondary N) is 1. The SMILES string of the molecule is C=Cc1cccc2c(CCC(=O)O)c[nH]c12. The minimum atomic E-state index is -0.769. The number of aromatic amines is 1. The lowest BCUT2D eigenvalue weighted by molar-refractivity contribution is -0.136. The van der Waals surface area contributed by atoms with Crippen LogP contribution < -0.4 is 0 Å². The molecule has 2 aromatic rings. The molecular weight excluding hydrogens is 202 g/mol. The highest BCUT2D eigenvalue weighted by molar-refractivity contribution is 5.90. The minimum absolute atomic E-state index is 0.158. The van der Waals surface area contributed by atoms with Crippen molar-refractivity contribution < 1.29 is 9.90 Å². The molecule has 0 bridgehead atoms. The summed E-state index contributed by atoms with van der Waals surface area (Å²) in [7, 11) is 0. The van der Waals surface area contributed by atoms with Gasteiger partial charge in [-0.3, -0.25) is 4.79 Å². The summed E-state index contributed by atoms with van der Waals surface area (Å²) < 4.78 is 0. The Balaban J connectivity index is 2.41. The average molecular weight is 215 g/mol. The summed E-state index contributed by atoms with van der Waals surface area (Å²) >= 11 is 0.